The molecular formula is C20H29N2O6PS2. The van der Waals surface area contributed by atoms with Crippen LogP contribution >= 0.6 is 17.1 Å². The molecule has 0 aliphatic heterocycles. The van der Waals surface area contributed by atoms with Crippen LogP contribution in [0.15, 0.2) is 46.0 Å². The van der Waals surface area contributed by atoms with Crippen molar-refractivity contribution in [1.82, 2.24) is 0 Å². The fourth-order valence-corrected chi connectivity index (χ4v) is 7.46. The molecule has 0 aromatic heterocycles. The van der Waals surface area contributed by atoms with E-state index in [4.69, 9.17) is 25.6 Å². The van der Waals surface area contributed by atoms with E-state index in [1.165, 1.54) is 6.92 Å². The Hall–Kier alpha value is -1.58. The van der Waals surface area contributed by atoms with Gasteiger partial charge in [-0.05, 0) is 77.6 Å². The minimum atomic E-state index is -2.76. The van der Waals surface area contributed by atoms with Gasteiger partial charge in [0, 0.05) is 5.56 Å². The lowest BCUT2D eigenvalue weighted by Gasteiger charge is -2.25. The summed E-state index contributed by atoms with van der Waals surface area (Å²) in [5.41, 5.74) is -2.16. The van der Waals surface area contributed by atoms with E-state index in [1.807, 2.05) is 27.7 Å². The molecule has 1 N–H and O–H groups in total. The van der Waals surface area contributed by atoms with Gasteiger partial charge in [0.15, 0.2) is 5.78 Å². The summed E-state index contributed by atoms with van der Waals surface area (Å²) >= 11 is 6.65. The molecule has 1 aromatic carbocycles. The highest BCUT2D eigenvalue weighted by Gasteiger charge is 2.26. The number of azo groups is 1. The average molecular weight is 489 g/mol. The van der Waals surface area contributed by atoms with Crippen molar-refractivity contribution in [3.63, 3.8) is 0 Å². The summed E-state index contributed by atoms with van der Waals surface area (Å²) in [7, 11) is 0. The number of aliphatic hydroxyl groups is 1. The fourth-order valence-electron chi connectivity index (χ4n) is 2.10. The number of rotatable bonds is 12. The van der Waals surface area contributed by atoms with Crippen LogP contribution in [0, 0.1) is 0 Å². The molecule has 0 spiro atoms. The zero-order chi connectivity index (χ0) is 23.6. The lowest BCUT2D eigenvalue weighted by Crippen LogP contribution is -2.10. The quantitative estimate of drug-likeness (QED) is 0.0937. The fraction of sp³-hybridized carbons (Fsp3) is 0.500. The number of hydrogen-bond acceptors (Lipinski definition) is 10. The first-order valence-electron chi connectivity index (χ1n) is 9.70. The van der Waals surface area contributed by atoms with Crippen molar-refractivity contribution in [1.29, 1.82) is 0 Å². The Morgan fingerprint density at radius 2 is 1.68 bits per heavy atom. The van der Waals surface area contributed by atoms with E-state index >= 15 is 0 Å². The maximum Gasteiger partial charge on any atom is 0.362 e. The monoisotopic (exact) mass is 488 g/mol. The summed E-state index contributed by atoms with van der Waals surface area (Å²) in [6.07, 6.45) is -0.323. The van der Waals surface area contributed by atoms with Crippen LogP contribution in [-0.2, 0) is 30.4 Å². The molecule has 0 bridgehead atoms. The van der Waals surface area contributed by atoms with Crippen LogP contribution in [0.5, 0.6) is 0 Å². The molecular weight excluding hydrogens is 459 g/mol. The van der Waals surface area contributed by atoms with E-state index in [0.29, 0.717) is 11.3 Å². The second-order valence-corrected chi connectivity index (χ2v) is 13.1. The van der Waals surface area contributed by atoms with Gasteiger partial charge in [0.05, 0.1) is 30.3 Å². The van der Waals surface area contributed by atoms with Gasteiger partial charge in [0.2, 0.25) is 11.4 Å². The number of Topliss-reactive ketones (excluding diaryl/α,β-unsaturated/α-hetero) is 1. The van der Waals surface area contributed by atoms with Crippen molar-refractivity contribution < 1.29 is 28.5 Å². The second kappa shape index (κ2) is 13.1. The van der Waals surface area contributed by atoms with Crippen molar-refractivity contribution >= 4 is 46.3 Å². The molecule has 0 amide bonds. The maximum absolute atomic E-state index is 12.3. The van der Waals surface area contributed by atoms with Crippen LogP contribution in [0.1, 0.15) is 51.9 Å². The Morgan fingerprint density at radius 1 is 1.13 bits per heavy atom. The third-order valence-electron chi connectivity index (χ3n) is 3.32. The minimum absolute atomic E-state index is 0.0623. The van der Waals surface area contributed by atoms with Crippen LogP contribution in [0.25, 0.3) is 0 Å². The van der Waals surface area contributed by atoms with Crippen LogP contribution in [-0.4, -0.2) is 41.4 Å². The van der Waals surface area contributed by atoms with Crippen LogP contribution in [0.4, 0.5) is 5.69 Å². The smallest absolute Gasteiger partial charge is 0.362 e. The molecule has 0 saturated carbocycles. The van der Waals surface area contributed by atoms with Gasteiger partial charge in [-0.25, -0.2) is 4.79 Å². The topological polar surface area (TPSA) is 107 Å². The molecule has 1 rings (SSSR count). The second-order valence-electron chi connectivity index (χ2n) is 6.85. The van der Waals surface area contributed by atoms with Gasteiger partial charge >= 0.3 is 5.97 Å². The van der Waals surface area contributed by atoms with E-state index in [2.05, 4.69) is 10.2 Å². The molecule has 0 fully saturated rings. The third-order valence-corrected chi connectivity index (χ3v) is 8.72. The lowest BCUT2D eigenvalue weighted by molar-refractivity contribution is -0.138. The number of aliphatic hydroxyl groups excluding tert-OH is 1. The molecule has 0 saturated heterocycles. The Bertz CT molecular complexity index is 855. The standard InChI is InChI=1S/C20H29N2O6PS2/c1-7-26-20(25)19(22-21-17-10-8-16(9-11-17)15(6)23)18(24)12-31-29(30,27-13(2)3)28-14(4)5/h8-11,13-14,24H,7,12H2,1-6H3/b19-18+,22-21?. The zero-order valence-corrected chi connectivity index (χ0v) is 21.1. The highest BCUT2D eigenvalue weighted by atomic mass is 32.9. The van der Waals surface area contributed by atoms with E-state index in [1.54, 1.807) is 31.2 Å². The minimum Gasteiger partial charge on any atom is -0.509 e. The largest absolute Gasteiger partial charge is 0.509 e. The zero-order valence-electron chi connectivity index (χ0n) is 18.5. The van der Waals surface area contributed by atoms with Crippen LogP contribution < -0.4 is 0 Å². The number of nitrogens with zero attached hydrogens (tertiary/aromatic N) is 2. The van der Waals surface area contributed by atoms with E-state index in [-0.39, 0.29) is 41.8 Å². The molecule has 31 heavy (non-hydrogen) atoms. The van der Waals surface area contributed by atoms with Gasteiger partial charge in [0.1, 0.15) is 5.76 Å². The first-order valence-corrected chi connectivity index (χ1v) is 13.9. The van der Waals surface area contributed by atoms with Gasteiger partial charge in [-0.2, -0.15) is 5.11 Å². The van der Waals surface area contributed by atoms with Gasteiger partial charge in [0.25, 0.3) is 0 Å². The van der Waals surface area contributed by atoms with Gasteiger partial charge in [-0.15, -0.1) is 5.11 Å². The summed E-state index contributed by atoms with van der Waals surface area (Å²) in [5, 5.41) is 18.4. The number of carbonyl (C=O) groups excluding carboxylic acids is 2. The Kier molecular flexibility index (Phi) is 11.6. The Morgan fingerprint density at radius 3 is 2.13 bits per heavy atom. The number of esters is 1. The van der Waals surface area contributed by atoms with Crippen molar-refractivity contribution in [2.75, 3.05) is 12.4 Å². The Labute approximate surface area is 192 Å². The lowest BCUT2D eigenvalue weighted by atomic mass is 10.1. The van der Waals surface area contributed by atoms with E-state index in [9.17, 15) is 14.7 Å². The van der Waals surface area contributed by atoms with E-state index in [0.717, 1.165) is 11.4 Å². The summed E-state index contributed by atoms with van der Waals surface area (Å²) in [4.78, 5) is 23.7. The SMILES string of the molecule is CCOC(=O)/C(N=Nc1ccc(C(C)=O)cc1)=C(\O)CSP(=S)(OC(C)C)OC(C)C. The predicted molar refractivity (Wildman–Crippen MR) is 126 cm³/mol. The van der Waals surface area contributed by atoms with Gasteiger partial charge < -0.3 is 18.9 Å². The van der Waals surface area contributed by atoms with Gasteiger partial charge in [-0.1, -0.05) is 11.4 Å². The number of ketones is 1. The van der Waals surface area contributed by atoms with Crippen molar-refractivity contribution in [3.8, 4) is 0 Å². The van der Waals surface area contributed by atoms with E-state index < -0.39 is 11.7 Å². The average Bonchev–Trinajstić information content (AvgIpc) is 2.66. The Balaban J connectivity index is 3.12. The number of carbonyl (C=O) groups is 2. The van der Waals surface area contributed by atoms with Crippen molar-refractivity contribution in [3.05, 3.63) is 41.3 Å². The number of ether oxygens (including phenoxy) is 1. The summed E-state index contributed by atoms with van der Waals surface area (Å²) in [6, 6.07) is 6.37. The third kappa shape index (κ3) is 10.1. The molecule has 1 aromatic rings. The molecule has 172 valence electrons. The summed E-state index contributed by atoms with van der Waals surface area (Å²) in [6.45, 7) is 10.6. The normalized spacial score (nSPS) is 13.0. The number of hydrogen-bond donors (Lipinski definition) is 1. The van der Waals surface area contributed by atoms with Crippen LogP contribution in [0.3, 0.4) is 0 Å². The van der Waals surface area contributed by atoms with Gasteiger partial charge in [-0.3, -0.25) is 4.79 Å². The molecule has 11 heteroatoms. The molecule has 0 aliphatic carbocycles. The maximum atomic E-state index is 12.3. The van der Waals surface area contributed by atoms with Crippen molar-refractivity contribution in [2.24, 2.45) is 10.2 Å². The summed E-state index contributed by atoms with van der Waals surface area (Å²) < 4.78 is 16.5. The first-order chi connectivity index (χ1) is 14.5. The summed E-state index contributed by atoms with van der Waals surface area (Å²) in [5.74, 6) is -1.30. The number of benzene rings is 1. The molecule has 0 unspecified atom stereocenters. The van der Waals surface area contributed by atoms with Crippen molar-refractivity contribution in [2.45, 2.75) is 53.8 Å². The molecule has 8 nitrogen and oxygen atoms in total. The first kappa shape index (κ1) is 27.5. The highest BCUT2D eigenvalue weighted by Crippen LogP contribution is 2.62. The predicted octanol–water partition coefficient (Wildman–Crippen LogP) is 6.11. The molecule has 0 heterocycles. The molecule has 0 atom stereocenters. The van der Waals surface area contributed by atoms with Crippen LogP contribution in [0.2, 0.25) is 0 Å². The highest BCUT2D eigenvalue weighted by molar-refractivity contribution is 8.68. The molecule has 0 aliphatic rings. The molecule has 0 radical (unpaired) electrons.